The smallest absolute Gasteiger partial charge is 0.390 e. The zero-order valence-corrected chi connectivity index (χ0v) is 18.1. The number of alkyl halides is 3. The fourth-order valence-corrected chi connectivity index (χ4v) is 5.13. The van der Waals surface area contributed by atoms with Gasteiger partial charge in [0, 0.05) is 19.0 Å². The largest absolute Gasteiger partial charge is 0.502 e. The van der Waals surface area contributed by atoms with Crippen LogP contribution >= 0.6 is 0 Å². The molecule has 5 rings (SSSR count). The molecular formula is C25H22F3N3O3. The Labute approximate surface area is 193 Å². The van der Waals surface area contributed by atoms with Gasteiger partial charge < -0.3 is 10.0 Å². The maximum atomic E-state index is 13.1. The topological polar surface area (TPSA) is 75.4 Å². The van der Waals surface area contributed by atoms with Crippen molar-refractivity contribution < 1.29 is 23.1 Å². The van der Waals surface area contributed by atoms with Gasteiger partial charge in [0.1, 0.15) is 0 Å². The Morgan fingerprint density at radius 3 is 2.15 bits per heavy atom. The van der Waals surface area contributed by atoms with Crippen LogP contribution in [-0.4, -0.2) is 45.0 Å². The van der Waals surface area contributed by atoms with Gasteiger partial charge in [-0.25, -0.2) is 0 Å². The van der Waals surface area contributed by atoms with Crippen LogP contribution in [0.2, 0.25) is 0 Å². The molecule has 0 spiro atoms. The quantitative estimate of drug-likeness (QED) is 0.633. The summed E-state index contributed by atoms with van der Waals surface area (Å²) < 4.78 is 40.4. The van der Waals surface area contributed by atoms with Crippen LogP contribution in [0.4, 0.5) is 13.2 Å². The first-order valence-corrected chi connectivity index (χ1v) is 11.1. The highest BCUT2D eigenvalue weighted by atomic mass is 19.4. The molecule has 3 aromatic rings. The highest BCUT2D eigenvalue weighted by Crippen LogP contribution is 2.43. The summed E-state index contributed by atoms with van der Waals surface area (Å²) in [7, 11) is 0. The van der Waals surface area contributed by atoms with Crippen LogP contribution in [0, 0.1) is 0 Å². The van der Waals surface area contributed by atoms with E-state index in [9.17, 15) is 27.9 Å². The molecule has 1 amide bonds. The summed E-state index contributed by atoms with van der Waals surface area (Å²) in [6.45, 7) is -0.609. The number of aromatic nitrogens is 2. The van der Waals surface area contributed by atoms with Gasteiger partial charge in [-0.05, 0) is 35.1 Å². The summed E-state index contributed by atoms with van der Waals surface area (Å²) in [5.41, 5.74) is 2.98. The van der Waals surface area contributed by atoms with Crippen LogP contribution in [0.15, 0.2) is 59.5 Å². The van der Waals surface area contributed by atoms with Crippen molar-refractivity contribution in [2.24, 2.45) is 0 Å². The molecule has 0 saturated heterocycles. The van der Waals surface area contributed by atoms with E-state index in [1.165, 1.54) is 4.68 Å². The first-order valence-electron chi connectivity index (χ1n) is 11.1. The number of rotatable bonds is 3. The summed E-state index contributed by atoms with van der Waals surface area (Å²) >= 11 is 0. The number of halogens is 3. The molecule has 1 aliphatic carbocycles. The van der Waals surface area contributed by atoms with Crippen molar-refractivity contribution in [2.45, 2.75) is 37.4 Å². The predicted octanol–water partition coefficient (Wildman–Crippen LogP) is 3.83. The molecule has 34 heavy (non-hydrogen) atoms. The summed E-state index contributed by atoms with van der Waals surface area (Å²) in [5.74, 6) is -1.97. The van der Waals surface area contributed by atoms with Crippen LogP contribution in [-0.2, 0) is 12.8 Å². The van der Waals surface area contributed by atoms with E-state index in [4.69, 9.17) is 0 Å². The molecule has 0 bridgehead atoms. The number of nitrogens with zero attached hydrogens (tertiary/aromatic N) is 3. The molecule has 2 heterocycles. The number of fused-ring (bicyclic) bond motifs is 3. The van der Waals surface area contributed by atoms with Gasteiger partial charge in [-0.2, -0.15) is 18.3 Å². The number of carbonyl (C=O) groups is 1. The Hall–Kier alpha value is -3.62. The van der Waals surface area contributed by atoms with Crippen molar-refractivity contribution in [2.75, 3.05) is 13.1 Å². The second-order valence-corrected chi connectivity index (χ2v) is 8.71. The van der Waals surface area contributed by atoms with Crippen molar-refractivity contribution in [3.63, 3.8) is 0 Å². The number of hydrogen-bond donors (Lipinski definition) is 1. The van der Waals surface area contributed by atoms with Crippen molar-refractivity contribution in [1.29, 1.82) is 0 Å². The molecule has 0 saturated carbocycles. The normalized spacial score (nSPS) is 18.1. The van der Waals surface area contributed by atoms with Crippen LogP contribution in [0.5, 0.6) is 5.75 Å². The van der Waals surface area contributed by atoms with E-state index in [0.29, 0.717) is 0 Å². The minimum atomic E-state index is -4.45. The van der Waals surface area contributed by atoms with E-state index >= 15 is 0 Å². The Bertz CT molecular complexity index is 1270. The molecule has 0 fully saturated rings. The third-order valence-corrected chi connectivity index (χ3v) is 6.69. The maximum Gasteiger partial charge on any atom is 0.390 e. The molecule has 1 N–H and O–H groups in total. The number of hydrogen-bond acceptors (Lipinski definition) is 4. The highest BCUT2D eigenvalue weighted by Gasteiger charge is 2.42. The highest BCUT2D eigenvalue weighted by molar-refractivity contribution is 5.95. The summed E-state index contributed by atoms with van der Waals surface area (Å²) in [6.07, 6.45) is -3.11. The van der Waals surface area contributed by atoms with Gasteiger partial charge in [-0.1, -0.05) is 48.5 Å². The average molecular weight is 469 g/mol. The number of benzene rings is 2. The zero-order valence-electron chi connectivity index (χ0n) is 18.1. The Morgan fingerprint density at radius 2 is 1.56 bits per heavy atom. The van der Waals surface area contributed by atoms with E-state index in [2.05, 4.69) is 5.10 Å². The molecule has 0 unspecified atom stereocenters. The second-order valence-electron chi connectivity index (χ2n) is 8.71. The Balaban J connectivity index is 1.70. The third kappa shape index (κ3) is 3.85. The van der Waals surface area contributed by atoms with E-state index in [1.807, 2.05) is 48.5 Å². The van der Waals surface area contributed by atoms with Crippen LogP contribution in [0.3, 0.4) is 0 Å². The molecule has 2 aliphatic rings. The lowest BCUT2D eigenvalue weighted by Gasteiger charge is -2.39. The maximum absolute atomic E-state index is 13.1. The van der Waals surface area contributed by atoms with Gasteiger partial charge in [0.25, 0.3) is 5.91 Å². The molecule has 6 nitrogen and oxygen atoms in total. The van der Waals surface area contributed by atoms with E-state index in [1.54, 1.807) is 0 Å². The third-order valence-electron chi connectivity index (χ3n) is 6.69. The Morgan fingerprint density at radius 1 is 0.971 bits per heavy atom. The summed E-state index contributed by atoms with van der Waals surface area (Å²) in [6, 6.07) is 15.1. The monoisotopic (exact) mass is 469 g/mol. The van der Waals surface area contributed by atoms with Gasteiger partial charge in [-0.15, -0.1) is 0 Å². The van der Waals surface area contributed by atoms with Crippen molar-refractivity contribution in [3.05, 3.63) is 92.9 Å². The fourth-order valence-electron chi connectivity index (χ4n) is 5.13. The lowest BCUT2D eigenvalue weighted by atomic mass is 9.81. The van der Waals surface area contributed by atoms with Crippen molar-refractivity contribution in [1.82, 2.24) is 14.7 Å². The van der Waals surface area contributed by atoms with Crippen molar-refractivity contribution >= 4 is 5.91 Å². The van der Waals surface area contributed by atoms with Crippen LogP contribution in [0.25, 0.3) is 0 Å². The standard InChI is InChI=1S/C25H22F3N3O3/c26-25(27,28)11-12-30-14-19(31-22(24(30)34)23(33)20(32)13-29-31)21-17-7-3-1-5-15(17)9-10-16-6-2-4-8-18(16)21/h1-8,13,19,21,33H,9-12,14H2/t19-/m1/s1. The van der Waals surface area contributed by atoms with Gasteiger partial charge in [-0.3, -0.25) is 14.3 Å². The first-order chi connectivity index (χ1) is 16.2. The summed E-state index contributed by atoms with van der Waals surface area (Å²) in [4.78, 5) is 26.3. The SMILES string of the molecule is O=C1c2c(O)c(=O)cnn2[C@@H](C2c3ccccc3CCc3ccccc32)CN1CCC(F)(F)F. The van der Waals surface area contributed by atoms with Crippen LogP contribution < -0.4 is 5.43 Å². The molecule has 1 atom stereocenters. The number of carbonyl (C=O) groups excluding carboxylic acids is 1. The number of amides is 1. The first kappa shape index (κ1) is 22.2. The summed E-state index contributed by atoms with van der Waals surface area (Å²) in [5, 5.41) is 14.7. The van der Waals surface area contributed by atoms with E-state index < -0.39 is 42.3 Å². The Kier molecular flexibility index (Phi) is 5.42. The molecule has 176 valence electrons. The molecule has 1 aliphatic heterocycles. The van der Waals surface area contributed by atoms with Gasteiger partial charge in [0.05, 0.1) is 18.7 Å². The number of aromatic hydroxyl groups is 1. The molecular weight excluding hydrogens is 447 g/mol. The number of aryl methyl sites for hydroxylation is 2. The lowest BCUT2D eigenvalue weighted by Crippen LogP contribution is -2.48. The molecule has 2 aromatic carbocycles. The molecule has 9 heteroatoms. The minimum absolute atomic E-state index is 0.0371. The van der Waals surface area contributed by atoms with E-state index in [0.717, 1.165) is 46.2 Å². The van der Waals surface area contributed by atoms with Gasteiger partial charge in [0.15, 0.2) is 11.4 Å². The zero-order chi connectivity index (χ0) is 24.0. The lowest BCUT2D eigenvalue weighted by molar-refractivity contribution is -0.137. The van der Waals surface area contributed by atoms with Gasteiger partial charge >= 0.3 is 6.18 Å². The van der Waals surface area contributed by atoms with E-state index in [-0.39, 0.29) is 18.2 Å². The van der Waals surface area contributed by atoms with Crippen LogP contribution in [0.1, 0.15) is 51.1 Å². The van der Waals surface area contributed by atoms with Gasteiger partial charge in [0.2, 0.25) is 5.43 Å². The molecule has 0 radical (unpaired) electrons. The minimum Gasteiger partial charge on any atom is -0.502 e. The average Bonchev–Trinajstić information content (AvgIpc) is 2.97. The second kappa shape index (κ2) is 8.30. The fraction of sp³-hybridized carbons (Fsp3) is 0.320. The molecule has 1 aromatic heterocycles. The van der Waals surface area contributed by atoms with Crippen molar-refractivity contribution in [3.8, 4) is 5.75 Å². The predicted molar refractivity (Wildman–Crippen MR) is 118 cm³/mol.